The molecule has 2 N–H and O–H groups in total. The molecule has 0 saturated carbocycles. The second-order valence-corrected chi connectivity index (χ2v) is 7.98. The molecular weight excluding hydrogens is 414 g/mol. The first-order valence-corrected chi connectivity index (χ1v) is 10.8. The molecule has 0 aliphatic heterocycles. The summed E-state index contributed by atoms with van der Waals surface area (Å²) in [4.78, 5) is 23.4. The van der Waals surface area contributed by atoms with Crippen LogP contribution in [0.15, 0.2) is 84.9 Å². The monoisotopic (exact) mass is 439 g/mol. The van der Waals surface area contributed by atoms with Crippen LogP contribution in [0.5, 0.6) is 11.5 Å². The van der Waals surface area contributed by atoms with Crippen molar-refractivity contribution in [1.29, 1.82) is 0 Å². The van der Waals surface area contributed by atoms with Crippen molar-refractivity contribution in [2.24, 2.45) is 0 Å². The predicted octanol–water partition coefficient (Wildman–Crippen LogP) is 5.89. The van der Waals surface area contributed by atoms with Crippen LogP contribution in [-0.2, 0) is 17.8 Å². The summed E-state index contributed by atoms with van der Waals surface area (Å²) < 4.78 is 5.99. The van der Waals surface area contributed by atoms with Crippen LogP contribution in [0.4, 0.5) is 0 Å². The Morgan fingerprint density at radius 2 is 1.64 bits per heavy atom. The summed E-state index contributed by atoms with van der Waals surface area (Å²) in [6, 6.07) is 26.9. The molecule has 0 aromatic heterocycles. The molecule has 0 bridgehead atoms. The molecule has 0 atom stereocenters. The fourth-order valence-corrected chi connectivity index (χ4v) is 3.72. The summed E-state index contributed by atoms with van der Waals surface area (Å²) in [5.41, 5.74) is 3.54. The molecule has 0 aliphatic carbocycles. The number of ether oxygens (including phenoxy) is 1. The molecule has 166 valence electrons. The molecular formula is C28H25NO4. The van der Waals surface area contributed by atoms with Crippen molar-refractivity contribution in [3.05, 3.63) is 107 Å². The lowest BCUT2D eigenvalue weighted by molar-refractivity contribution is -0.136. The van der Waals surface area contributed by atoms with Crippen LogP contribution in [0.25, 0.3) is 10.8 Å². The summed E-state index contributed by atoms with van der Waals surface area (Å²) in [6.45, 7) is 2.33. The number of carboxylic acids is 1. The Morgan fingerprint density at radius 3 is 2.42 bits per heavy atom. The molecule has 4 aromatic rings. The fourth-order valence-electron chi connectivity index (χ4n) is 3.72. The number of rotatable bonds is 8. The van der Waals surface area contributed by atoms with E-state index in [1.54, 1.807) is 0 Å². The minimum atomic E-state index is -0.806. The van der Waals surface area contributed by atoms with Gasteiger partial charge in [0.2, 0.25) is 0 Å². The van der Waals surface area contributed by atoms with E-state index in [2.05, 4.69) is 5.32 Å². The molecule has 4 aromatic carbocycles. The van der Waals surface area contributed by atoms with Gasteiger partial charge in [0.05, 0.1) is 0 Å². The number of fused-ring (bicyclic) bond motifs is 1. The van der Waals surface area contributed by atoms with E-state index in [0.717, 1.165) is 27.5 Å². The number of nitrogens with one attached hydrogen (secondary N) is 1. The van der Waals surface area contributed by atoms with Crippen molar-refractivity contribution < 1.29 is 19.4 Å². The molecule has 4 rings (SSSR count). The summed E-state index contributed by atoms with van der Waals surface area (Å²) >= 11 is 0. The number of benzene rings is 4. The first kappa shape index (κ1) is 22.1. The van der Waals surface area contributed by atoms with Crippen molar-refractivity contribution in [2.45, 2.75) is 26.3 Å². The second kappa shape index (κ2) is 10.0. The number of hydrogen-bond donors (Lipinski definition) is 2. The van der Waals surface area contributed by atoms with E-state index in [4.69, 9.17) is 9.84 Å². The van der Waals surface area contributed by atoms with Gasteiger partial charge in [-0.1, -0.05) is 48.5 Å². The number of amides is 1. The number of carbonyl (C=O) groups is 2. The third-order valence-corrected chi connectivity index (χ3v) is 5.52. The molecule has 0 radical (unpaired) electrons. The topological polar surface area (TPSA) is 75.6 Å². The largest absolute Gasteiger partial charge is 0.481 e. The maximum atomic E-state index is 12.6. The summed E-state index contributed by atoms with van der Waals surface area (Å²) in [7, 11) is 0. The average molecular weight is 440 g/mol. The highest BCUT2D eigenvalue weighted by atomic mass is 16.5. The maximum absolute atomic E-state index is 12.6. The van der Waals surface area contributed by atoms with E-state index >= 15 is 0 Å². The number of aryl methyl sites for hydroxylation is 2. The van der Waals surface area contributed by atoms with Gasteiger partial charge in [0.25, 0.3) is 5.91 Å². The number of aliphatic carboxylic acids is 1. The van der Waals surface area contributed by atoms with Crippen molar-refractivity contribution in [2.75, 3.05) is 0 Å². The van der Waals surface area contributed by atoms with Gasteiger partial charge < -0.3 is 15.2 Å². The van der Waals surface area contributed by atoms with Gasteiger partial charge in [-0.25, -0.2) is 0 Å². The van der Waals surface area contributed by atoms with Gasteiger partial charge >= 0.3 is 5.97 Å². The predicted molar refractivity (Wildman–Crippen MR) is 129 cm³/mol. The van der Waals surface area contributed by atoms with Crippen molar-refractivity contribution >= 4 is 22.6 Å². The van der Waals surface area contributed by atoms with E-state index in [1.165, 1.54) is 0 Å². The summed E-state index contributed by atoms with van der Waals surface area (Å²) in [5.74, 6) is 0.424. The van der Waals surface area contributed by atoms with Gasteiger partial charge in [0, 0.05) is 18.5 Å². The number of carbonyl (C=O) groups excluding carboxylic acids is 1. The molecule has 0 spiro atoms. The van der Waals surface area contributed by atoms with E-state index in [-0.39, 0.29) is 12.3 Å². The number of hydrogen-bond acceptors (Lipinski definition) is 3. The Morgan fingerprint density at radius 1 is 0.848 bits per heavy atom. The second-order valence-electron chi connectivity index (χ2n) is 7.98. The van der Waals surface area contributed by atoms with Crippen molar-refractivity contribution in [3.8, 4) is 11.5 Å². The zero-order valence-corrected chi connectivity index (χ0v) is 18.4. The van der Waals surface area contributed by atoms with Crippen LogP contribution in [0.2, 0.25) is 0 Å². The Bertz CT molecular complexity index is 1310. The van der Waals surface area contributed by atoms with Crippen LogP contribution in [0.3, 0.4) is 0 Å². The minimum absolute atomic E-state index is 0.105. The molecule has 0 unspecified atom stereocenters. The van der Waals surface area contributed by atoms with Gasteiger partial charge in [0.1, 0.15) is 11.5 Å². The molecule has 0 saturated heterocycles. The Labute approximate surface area is 192 Å². The smallest absolute Gasteiger partial charge is 0.303 e. The van der Waals surface area contributed by atoms with Crippen molar-refractivity contribution in [3.63, 3.8) is 0 Å². The molecule has 0 fully saturated rings. The quantitative estimate of drug-likeness (QED) is 0.359. The zero-order chi connectivity index (χ0) is 23.2. The highest BCUT2D eigenvalue weighted by Gasteiger charge is 2.08. The van der Waals surface area contributed by atoms with Gasteiger partial charge in [0.15, 0.2) is 0 Å². The van der Waals surface area contributed by atoms with E-state index < -0.39 is 5.97 Å². The number of carboxylic acid groups (broad SMARTS) is 1. The van der Waals surface area contributed by atoms with Gasteiger partial charge in [-0.15, -0.1) is 0 Å². The lowest BCUT2D eigenvalue weighted by atomic mass is 10.0. The van der Waals surface area contributed by atoms with Crippen molar-refractivity contribution in [1.82, 2.24) is 5.32 Å². The summed E-state index contributed by atoms with van der Waals surface area (Å²) in [5, 5.41) is 14.0. The molecule has 0 heterocycles. The first-order valence-electron chi connectivity index (χ1n) is 10.8. The minimum Gasteiger partial charge on any atom is -0.481 e. The van der Waals surface area contributed by atoms with Gasteiger partial charge in [-0.2, -0.15) is 0 Å². The summed E-state index contributed by atoms with van der Waals surface area (Å²) in [6.07, 6.45) is 0.599. The third kappa shape index (κ3) is 5.77. The lowest BCUT2D eigenvalue weighted by Crippen LogP contribution is -2.22. The van der Waals surface area contributed by atoms with Crippen LogP contribution in [0, 0.1) is 6.92 Å². The zero-order valence-electron chi connectivity index (χ0n) is 18.4. The van der Waals surface area contributed by atoms with E-state index in [9.17, 15) is 9.59 Å². The Hall–Kier alpha value is -4.12. The Kier molecular flexibility index (Phi) is 6.69. The van der Waals surface area contributed by atoms with Crippen LogP contribution in [-0.4, -0.2) is 17.0 Å². The first-order chi connectivity index (χ1) is 16.0. The lowest BCUT2D eigenvalue weighted by Gasteiger charge is -2.11. The molecule has 5 heteroatoms. The van der Waals surface area contributed by atoms with Gasteiger partial charge in [-0.05, 0) is 77.2 Å². The van der Waals surface area contributed by atoms with E-state index in [1.807, 2.05) is 91.9 Å². The SMILES string of the molecule is Cc1cc(Oc2cccc(CNC(=O)c3ccc4ccccc4c3)c2)ccc1CCC(=O)O. The third-order valence-electron chi connectivity index (χ3n) is 5.52. The standard InChI is InChI=1S/C28H25NO4/c1-19-15-26(13-11-21(19)12-14-27(30)31)33-25-8-4-5-20(16-25)18-29-28(32)24-10-9-22-6-2-3-7-23(22)17-24/h2-11,13,15-17H,12,14,18H2,1H3,(H,29,32)(H,30,31). The molecule has 5 nitrogen and oxygen atoms in total. The highest BCUT2D eigenvalue weighted by Crippen LogP contribution is 2.25. The maximum Gasteiger partial charge on any atom is 0.303 e. The molecule has 33 heavy (non-hydrogen) atoms. The molecule has 0 aliphatic rings. The van der Waals surface area contributed by atoms with E-state index in [0.29, 0.717) is 30.0 Å². The van der Waals surface area contributed by atoms with Crippen LogP contribution in [0.1, 0.15) is 33.5 Å². The fraction of sp³-hybridized carbons (Fsp3) is 0.143. The highest BCUT2D eigenvalue weighted by molar-refractivity contribution is 5.98. The Balaban J connectivity index is 1.39. The van der Waals surface area contributed by atoms with Crippen LogP contribution < -0.4 is 10.1 Å². The average Bonchev–Trinajstić information content (AvgIpc) is 2.82. The molecule has 1 amide bonds. The van der Waals surface area contributed by atoms with Crippen LogP contribution >= 0.6 is 0 Å². The normalized spacial score (nSPS) is 10.7. The van der Waals surface area contributed by atoms with Gasteiger partial charge in [-0.3, -0.25) is 9.59 Å².